The molecule has 1 aromatic carbocycles. The lowest BCUT2D eigenvalue weighted by Gasteiger charge is -2.11. The smallest absolute Gasteiger partial charge is 0.387 e. The van der Waals surface area contributed by atoms with E-state index in [4.69, 9.17) is 4.74 Å². The van der Waals surface area contributed by atoms with E-state index in [-0.39, 0.29) is 23.5 Å². The van der Waals surface area contributed by atoms with Crippen LogP contribution in [0.1, 0.15) is 30.6 Å². The summed E-state index contributed by atoms with van der Waals surface area (Å²) in [6.45, 7) is 0.883. The summed E-state index contributed by atoms with van der Waals surface area (Å²) in [5.41, 5.74) is 0.149. The van der Waals surface area contributed by atoms with Crippen molar-refractivity contribution in [1.82, 2.24) is 0 Å². The molecule has 0 aromatic heterocycles. The van der Waals surface area contributed by atoms with E-state index in [9.17, 15) is 13.6 Å². The van der Waals surface area contributed by atoms with Crippen molar-refractivity contribution < 1.29 is 23.0 Å². The van der Waals surface area contributed by atoms with E-state index >= 15 is 0 Å². The van der Waals surface area contributed by atoms with Crippen molar-refractivity contribution in [2.75, 3.05) is 6.61 Å². The van der Waals surface area contributed by atoms with Gasteiger partial charge in [0.25, 0.3) is 0 Å². The maximum Gasteiger partial charge on any atom is 0.387 e. The number of hydrogen-bond donors (Lipinski definition) is 0. The zero-order valence-corrected chi connectivity index (χ0v) is 9.70. The number of halogens is 2. The highest BCUT2D eigenvalue weighted by Gasteiger charge is 2.15. The summed E-state index contributed by atoms with van der Waals surface area (Å²) in [7, 11) is 0. The number of carbonyl (C=O) groups is 1. The lowest BCUT2D eigenvalue weighted by molar-refractivity contribution is -0.0502. The Hall–Kier alpha value is -1.65. The van der Waals surface area contributed by atoms with E-state index in [1.54, 1.807) is 19.9 Å². The van der Waals surface area contributed by atoms with Crippen LogP contribution in [-0.2, 0) is 0 Å². The Morgan fingerprint density at radius 3 is 2.59 bits per heavy atom. The van der Waals surface area contributed by atoms with E-state index in [0.29, 0.717) is 12.4 Å². The Balaban J connectivity index is 3.07. The van der Waals surface area contributed by atoms with Crippen molar-refractivity contribution in [2.24, 2.45) is 0 Å². The second-order valence-electron chi connectivity index (χ2n) is 3.25. The Kier molecular flexibility index (Phi) is 4.87. The van der Waals surface area contributed by atoms with Crippen LogP contribution in [0.3, 0.4) is 0 Å². The summed E-state index contributed by atoms with van der Waals surface area (Å²) in [6.07, 6.45) is 0.230. The van der Waals surface area contributed by atoms with Crippen LogP contribution in [0.25, 0.3) is 0 Å². The van der Waals surface area contributed by atoms with Crippen molar-refractivity contribution in [2.45, 2.75) is 26.9 Å². The molecule has 0 aliphatic heterocycles. The molecule has 0 radical (unpaired) electrons. The third kappa shape index (κ3) is 3.69. The van der Waals surface area contributed by atoms with Gasteiger partial charge in [0.2, 0.25) is 0 Å². The topological polar surface area (TPSA) is 35.5 Å². The molecule has 0 heterocycles. The summed E-state index contributed by atoms with van der Waals surface area (Å²) in [4.78, 5) is 11.5. The van der Waals surface area contributed by atoms with Crippen LogP contribution in [0.5, 0.6) is 11.5 Å². The molecular formula is C12H14F2O3. The Morgan fingerprint density at radius 1 is 1.35 bits per heavy atom. The first-order valence-corrected chi connectivity index (χ1v) is 5.33. The summed E-state index contributed by atoms with van der Waals surface area (Å²) < 4.78 is 33.9. The molecule has 0 saturated carbocycles. The minimum absolute atomic E-state index is 0.141. The number of ether oxygens (including phenoxy) is 2. The van der Waals surface area contributed by atoms with Crippen LogP contribution in [-0.4, -0.2) is 19.0 Å². The molecule has 0 unspecified atom stereocenters. The maximum atomic E-state index is 12.2. The first-order chi connectivity index (χ1) is 8.08. The van der Waals surface area contributed by atoms with E-state index in [1.165, 1.54) is 12.1 Å². The van der Waals surface area contributed by atoms with E-state index in [1.807, 2.05) is 0 Å². The fraction of sp³-hybridized carbons (Fsp3) is 0.417. The van der Waals surface area contributed by atoms with Crippen molar-refractivity contribution >= 4 is 5.78 Å². The summed E-state index contributed by atoms with van der Waals surface area (Å²) in [5.74, 6) is 0.0114. The zero-order valence-electron chi connectivity index (χ0n) is 9.70. The minimum Gasteiger partial charge on any atom is -0.494 e. The second-order valence-corrected chi connectivity index (χ2v) is 3.25. The van der Waals surface area contributed by atoms with Crippen molar-refractivity contribution in [1.29, 1.82) is 0 Å². The van der Waals surface area contributed by atoms with Crippen LogP contribution in [0.2, 0.25) is 0 Å². The van der Waals surface area contributed by atoms with Gasteiger partial charge in [0.05, 0.1) is 12.2 Å². The van der Waals surface area contributed by atoms with Crippen LogP contribution < -0.4 is 9.47 Å². The highest BCUT2D eigenvalue weighted by Crippen LogP contribution is 2.27. The van der Waals surface area contributed by atoms with Crippen LogP contribution in [0.4, 0.5) is 8.78 Å². The van der Waals surface area contributed by atoms with Gasteiger partial charge in [-0.05, 0) is 19.1 Å². The molecule has 3 nitrogen and oxygen atoms in total. The molecule has 17 heavy (non-hydrogen) atoms. The van der Waals surface area contributed by atoms with Gasteiger partial charge in [-0.2, -0.15) is 8.78 Å². The average Bonchev–Trinajstić information content (AvgIpc) is 2.28. The molecule has 0 aliphatic carbocycles. The van der Waals surface area contributed by atoms with E-state index < -0.39 is 6.61 Å². The number of Topliss-reactive ketones (excluding diaryl/α,β-unsaturated/α-hetero) is 1. The van der Waals surface area contributed by atoms with Gasteiger partial charge >= 0.3 is 6.61 Å². The fourth-order valence-electron chi connectivity index (χ4n) is 1.37. The summed E-state index contributed by atoms with van der Waals surface area (Å²) in [5, 5.41) is 0. The van der Waals surface area contributed by atoms with E-state index in [0.717, 1.165) is 0 Å². The Bertz CT molecular complexity index is 391. The molecule has 0 N–H and O–H groups in total. The van der Waals surface area contributed by atoms with Crippen molar-refractivity contribution in [3.63, 3.8) is 0 Å². The number of ketones is 1. The molecular weight excluding hydrogens is 230 g/mol. The van der Waals surface area contributed by atoms with Crippen LogP contribution in [0, 0.1) is 0 Å². The number of benzene rings is 1. The molecule has 94 valence electrons. The lowest BCUT2D eigenvalue weighted by Crippen LogP contribution is -2.08. The SMILES string of the molecule is CCOc1ccc(C(=O)CC)c(OC(F)F)c1. The van der Waals surface area contributed by atoms with Gasteiger partial charge in [-0.25, -0.2) is 0 Å². The number of rotatable bonds is 6. The third-order valence-corrected chi connectivity index (χ3v) is 2.10. The first-order valence-electron chi connectivity index (χ1n) is 5.33. The van der Waals surface area contributed by atoms with Gasteiger partial charge in [-0.3, -0.25) is 4.79 Å². The highest BCUT2D eigenvalue weighted by molar-refractivity contribution is 5.98. The molecule has 0 amide bonds. The standard InChI is InChI=1S/C12H14F2O3/c1-3-10(15)9-6-5-8(16-4-2)7-11(9)17-12(13)14/h5-7,12H,3-4H2,1-2H3. The molecule has 0 atom stereocenters. The first kappa shape index (κ1) is 13.4. The largest absolute Gasteiger partial charge is 0.494 e. The predicted octanol–water partition coefficient (Wildman–Crippen LogP) is 3.28. The van der Waals surface area contributed by atoms with Gasteiger partial charge in [-0.1, -0.05) is 6.92 Å². The number of hydrogen-bond acceptors (Lipinski definition) is 3. The molecule has 0 fully saturated rings. The molecule has 0 spiro atoms. The lowest BCUT2D eigenvalue weighted by atomic mass is 10.1. The minimum atomic E-state index is -2.96. The number of alkyl halides is 2. The summed E-state index contributed by atoms with van der Waals surface area (Å²) >= 11 is 0. The molecule has 1 aromatic rings. The Morgan fingerprint density at radius 2 is 2.06 bits per heavy atom. The quantitative estimate of drug-likeness (QED) is 0.720. The highest BCUT2D eigenvalue weighted by atomic mass is 19.3. The molecule has 0 bridgehead atoms. The molecule has 0 saturated heterocycles. The number of carbonyl (C=O) groups excluding carboxylic acids is 1. The zero-order chi connectivity index (χ0) is 12.8. The Labute approximate surface area is 98.3 Å². The normalized spacial score (nSPS) is 10.4. The van der Waals surface area contributed by atoms with Gasteiger partial charge in [0.15, 0.2) is 5.78 Å². The maximum absolute atomic E-state index is 12.2. The van der Waals surface area contributed by atoms with Gasteiger partial charge < -0.3 is 9.47 Å². The molecule has 5 heteroatoms. The van der Waals surface area contributed by atoms with Gasteiger partial charge in [-0.15, -0.1) is 0 Å². The van der Waals surface area contributed by atoms with Gasteiger partial charge in [0, 0.05) is 12.5 Å². The molecule has 0 aliphatic rings. The summed E-state index contributed by atoms with van der Waals surface area (Å²) in [6, 6.07) is 4.30. The predicted molar refractivity (Wildman–Crippen MR) is 58.9 cm³/mol. The molecule has 1 rings (SSSR count). The van der Waals surface area contributed by atoms with Crippen molar-refractivity contribution in [3.05, 3.63) is 23.8 Å². The van der Waals surface area contributed by atoms with Crippen LogP contribution in [0.15, 0.2) is 18.2 Å². The monoisotopic (exact) mass is 244 g/mol. The van der Waals surface area contributed by atoms with E-state index in [2.05, 4.69) is 4.74 Å². The fourth-order valence-corrected chi connectivity index (χ4v) is 1.37. The van der Waals surface area contributed by atoms with Crippen LogP contribution >= 0.6 is 0 Å². The second kappa shape index (κ2) is 6.18. The van der Waals surface area contributed by atoms with Crippen molar-refractivity contribution in [3.8, 4) is 11.5 Å². The van der Waals surface area contributed by atoms with Gasteiger partial charge in [0.1, 0.15) is 11.5 Å². The third-order valence-electron chi connectivity index (χ3n) is 2.10. The average molecular weight is 244 g/mol.